The molecule has 6 heteroatoms. The molecule has 0 bridgehead atoms. The lowest BCUT2D eigenvalue weighted by atomic mass is 10.1. The first-order chi connectivity index (χ1) is 13.0. The molecule has 0 radical (unpaired) electrons. The predicted molar refractivity (Wildman–Crippen MR) is 107 cm³/mol. The molecule has 2 heterocycles. The summed E-state index contributed by atoms with van der Waals surface area (Å²) < 4.78 is 5.19. The zero-order valence-corrected chi connectivity index (χ0v) is 16.4. The third kappa shape index (κ3) is 5.28. The quantitative estimate of drug-likeness (QED) is 0.849. The lowest BCUT2D eigenvalue weighted by molar-refractivity contribution is -0.117. The number of hydrogen-bond donors (Lipinski definition) is 1. The van der Waals surface area contributed by atoms with Crippen LogP contribution in [0.25, 0.3) is 0 Å². The van der Waals surface area contributed by atoms with Crippen LogP contribution in [0.1, 0.15) is 16.8 Å². The van der Waals surface area contributed by atoms with Crippen LogP contribution >= 0.6 is 0 Å². The van der Waals surface area contributed by atoms with Crippen LogP contribution in [0.2, 0.25) is 0 Å². The second-order valence-electron chi connectivity index (χ2n) is 7.04. The van der Waals surface area contributed by atoms with Gasteiger partial charge in [-0.15, -0.1) is 0 Å². The number of anilines is 1. The van der Waals surface area contributed by atoms with E-state index in [9.17, 15) is 4.79 Å². The number of aryl methyl sites for hydroxylation is 2. The lowest BCUT2D eigenvalue weighted by Gasteiger charge is -2.34. The number of carbonyl (C=O) groups excluding carboxylic acids is 1. The second kappa shape index (κ2) is 8.97. The van der Waals surface area contributed by atoms with Gasteiger partial charge in [-0.05, 0) is 31.0 Å². The molecule has 0 unspecified atom stereocenters. The number of nitrogens with zero attached hydrogens (tertiary/aromatic N) is 3. The van der Waals surface area contributed by atoms with Crippen molar-refractivity contribution in [3.05, 3.63) is 53.2 Å². The fourth-order valence-electron chi connectivity index (χ4n) is 3.39. The number of aromatic nitrogens is 1. The van der Waals surface area contributed by atoms with Crippen molar-refractivity contribution in [1.29, 1.82) is 0 Å². The summed E-state index contributed by atoms with van der Waals surface area (Å²) in [7, 11) is 1.63. The van der Waals surface area contributed by atoms with E-state index in [1.165, 1.54) is 0 Å². The fraction of sp³-hybridized carbons (Fsp3) is 0.429. The van der Waals surface area contributed by atoms with Crippen LogP contribution in [0.3, 0.4) is 0 Å². The Bertz CT molecular complexity index is 765. The minimum atomic E-state index is 0.0512. The molecule has 27 heavy (non-hydrogen) atoms. The highest BCUT2D eigenvalue weighted by molar-refractivity contribution is 5.93. The van der Waals surface area contributed by atoms with Crippen LogP contribution in [0.5, 0.6) is 5.88 Å². The average molecular weight is 368 g/mol. The maximum atomic E-state index is 12.4. The topological polar surface area (TPSA) is 57.7 Å². The largest absolute Gasteiger partial charge is 0.481 e. The molecule has 0 atom stereocenters. The monoisotopic (exact) mass is 368 g/mol. The number of ether oxygens (including phenoxy) is 1. The molecule has 0 aliphatic carbocycles. The van der Waals surface area contributed by atoms with Crippen LogP contribution in [-0.4, -0.2) is 60.5 Å². The van der Waals surface area contributed by atoms with Gasteiger partial charge in [-0.25, -0.2) is 4.98 Å². The van der Waals surface area contributed by atoms with Crippen molar-refractivity contribution < 1.29 is 9.53 Å². The maximum Gasteiger partial charge on any atom is 0.238 e. The summed E-state index contributed by atoms with van der Waals surface area (Å²) in [4.78, 5) is 21.5. The molecule has 0 saturated carbocycles. The summed E-state index contributed by atoms with van der Waals surface area (Å²) in [6, 6.07) is 11.9. The van der Waals surface area contributed by atoms with E-state index in [0.717, 1.165) is 55.2 Å². The number of benzene rings is 1. The van der Waals surface area contributed by atoms with E-state index in [-0.39, 0.29) is 5.91 Å². The third-order valence-electron chi connectivity index (χ3n) is 4.95. The Morgan fingerprint density at radius 1 is 1.04 bits per heavy atom. The number of methoxy groups -OCH3 is 1. The fourth-order valence-corrected chi connectivity index (χ4v) is 3.39. The molecule has 1 aliphatic heterocycles. The number of para-hydroxylation sites is 1. The van der Waals surface area contributed by atoms with Crippen molar-refractivity contribution in [2.45, 2.75) is 20.4 Å². The molecule has 1 saturated heterocycles. The highest BCUT2D eigenvalue weighted by Crippen LogP contribution is 2.19. The molecule has 1 amide bonds. The van der Waals surface area contributed by atoms with Crippen LogP contribution in [0, 0.1) is 13.8 Å². The molecule has 0 spiro atoms. The first-order valence-electron chi connectivity index (χ1n) is 9.36. The van der Waals surface area contributed by atoms with Crippen LogP contribution in [-0.2, 0) is 11.3 Å². The van der Waals surface area contributed by atoms with Gasteiger partial charge in [0.1, 0.15) is 0 Å². The van der Waals surface area contributed by atoms with Gasteiger partial charge >= 0.3 is 0 Å². The van der Waals surface area contributed by atoms with Crippen molar-refractivity contribution in [3.8, 4) is 5.88 Å². The van der Waals surface area contributed by atoms with E-state index in [0.29, 0.717) is 12.4 Å². The number of hydrogen-bond acceptors (Lipinski definition) is 5. The molecule has 1 fully saturated rings. The predicted octanol–water partition coefficient (Wildman–Crippen LogP) is 2.46. The number of piperazine rings is 1. The molecule has 1 aromatic carbocycles. The van der Waals surface area contributed by atoms with Crippen molar-refractivity contribution in [3.63, 3.8) is 0 Å². The smallest absolute Gasteiger partial charge is 0.238 e. The van der Waals surface area contributed by atoms with E-state index in [1.807, 2.05) is 50.2 Å². The molecule has 6 nitrogen and oxygen atoms in total. The Kier molecular flexibility index (Phi) is 6.42. The van der Waals surface area contributed by atoms with Gasteiger partial charge in [-0.3, -0.25) is 14.6 Å². The molecule has 3 rings (SSSR count). The lowest BCUT2D eigenvalue weighted by Crippen LogP contribution is -2.48. The minimum absolute atomic E-state index is 0.0512. The van der Waals surface area contributed by atoms with Crippen LogP contribution in [0.15, 0.2) is 36.4 Å². The molecule has 1 aliphatic rings. The Labute approximate surface area is 161 Å². The van der Waals surface area contributed by atoms with E-state index >= 15 is 0 Å². The van der Waals surface area contributed by atoms with Gasteiger partial charge in [-0.1, -0.05) is 24.3 Å². The molecular weight excluding hydrogens is 340 g/mol. The van der Waals surface area contributed by atoms with Gasteiger partial charge in [0.05, 0.1) is 19.3 Å². The molecule has 1 N–H and O–H groups in total. The van der Waals surface area contributed by atoms with Gasteiger partial charge in [0.15, 0.2) is 0 Å². The van der Waals surface area contributed by atoms with E-state index < -0.39 is 0 Å². The van der Waals surface area contributed by atoms with Crippen LogP contribution < -0.4 is 10.1 Å². The van der Waals surface area contributed by atoms with Crippen molar-refractivity contribution >= 4 is 11.6 Å². The molecule has 1 aromatic heterocycles. The normalized spacial score (nSPS) is 15.5. The van der Waals surface area contributed by atoms with Gasteiger partial charge < -0.3 is 10.1 Å². The summed E-state index contributed by atoms with van der Waals surface area (Å²) in [5, 5.41) is 3.07. The zero-order valence-electron chi connectivity index (χ0n) is 16.4. The van der Waals surface area contributed by atoms with E-state index in [2.05, 4.69) is 20.1 Å². The van der Waals surface area contributed by atoms with Gasteiger partial charge in [0.25, 0.3) is 0 Å². The van der Waals surface area contributed by atoms with Gasteiger partial charge in [-0.2, -0.15) is 0 Å². The first-order valence-corrected chi connectivity index (χ1v) is 9.36. The summed E-state index contributed by atoms with van der Waals surface area (Å²) in [5.41, 5.74) is 4.14. The Morgan fingerprint density at radius 3 is 2.33 bits per heavy atom. The van der Waals surface area contributed by atoms with Gasteiger partial charge in [0, 0.05) is 44.5 Å². The highest BCUT2D eigenvalue weighted by atomic mass is 16.5. The number of nitrogens with one attached hydrogen (secondary N) is 1. The number of pyridine rings is 1. The van der Waals surface area contributed by atoms with E-state index in [1.54, 1.807) is 7.11 Å². The maximum absolute atomic E-state index is 12.4. The number of carbonyl (C=O) groups is 1. The summed E-state index contributed by atoms with van der Waals surface area (Å²) in [6.45, 7) is 8.89. The van der Waals surface area contributed by atoms with Gasteiger partial charge in [0.2, 0.25) is 11.8 Å². The van der Waals surface area contributed by atoms with E-state index in [4.69, 9.17) is 4.74 Å². The zero-order chi connectivity index (χ0) is 19.2. The van der Waals surface area contributed by atoms with Crippen molar-refractivity contribution in [2.24, 2.45) is 0 Å². The summed E-state index contributed by atoms with van der Waals surface area (Å²) in [6.07, 6.45) is 0. The Balaban J connectivity index is 1.47. The summed E-state index contributed by atoms with van der Waals surface area (Å²) >= 11 is 0. The third-order valence-corrected chi connectivity index (χ3v) is 4.95. The Hall–Kier alpha value is -2.44. The average Bonchev–Trinajstić information content (AvgIpc) is 2.66. The number of rotatable bonds is 6. The first kappa shape index (κ1) is 19.3. The standard InChI is InChI=1S/C21H28N4O2/c1-16-6-4-7-17(2)21(16)23-19(26)15-25-12-10-24(11-13-25)14-18-8-5-9-20(22-18)27-3/h4-9H,10-15H2,1-3H3,(H,23,26). The Morgan fingerprint density at radius 2 is 1.67 bits per heavy atom. The van der Waals surface area contributed by atoms with Crippen molar-refractivity contribution in [1.82, 2.24) is 14.8 Å². The van der Waals surface area contributed by atoms with Crippen molar-refractivity contribution in [2.75, 3.05) is 45.2 Å². The second-order valence-corrected chi connectivity index (χ2v) is 7.04. The molecular formula is C21H28N4O2. The summed E-state index contributed by atoms with van der Waals surface area (Å²) in [5.74, 6) is 0.699. The highest BCUT2D eigenvalue weighted by Gasteiger charge is 2.20. The van der Waals surface area contributed by atoms with Crippen LogP contribution in [0.4, 0.5) is 5.69 Å². The number of amides is 1. The molecule has 144 valence electrons. The minimum Gasteiger partial charge on any atom is -0.481 e. The molecule has 2 aromatic rings. The SMILES string of the molecule is COc1cccc(CN2CCN(CC(=O)Nc3c(C)cccc3C)CC2)n1.